The topological polar surface area (TPSA) is 51.8 Å². The molecule has 0 unspecified atom stereocenters. The Kier molecular flexibility index (Phi) is 5.03. The van der Waals surface area contributed by atoms with E-state index in [9.17, 15) is 0 Å². The van der Waals surface area contributed by atoms with Gasteiger partial charge in [0.1, 0.15) is 11.2 Å². The molecule has 196 valence electrons. The van der Waals surface area contributed by atoms with Crippen LogP contribution in [0, 0.1) is 0 Å². The van der Waals surface area contributed by atoms with Gasteiger partial charge in [-0.15, -0.1) is 11.3 Å². The van der Waals surface area contributed by atoms with Gasteiger partial charge in [-0.05, 0) is 23.6 Å². The molecule has 5 heteroatoms. The molecule has 0 N–H and O–H groups in total. The Balaban J connectivity index is 1.43. The zero-order valence-electron chi connectivity index (χ0n) is 22.3. The van der Waals surface area contributed by atoms with Crippen LogP contribution >= 0.6 is 11.3 Å². The van der Waals surface area contributed by atoms with Crippen LogP contribution in [0.4, 0.5) is 0 Å². The van der Waals surface area contributed by atoms with E-state index >= 15 is 0 Å². The second-order valence-electron chi connectivity index (χ2n) is 10.4. The summed E-state index contributed by atoms with van der Waals surface area (Å²) in [6.45, 7) is 0. The minimum atomic E-state index is 0.621. The highest BCUT2D eigenvalue weighted by molar-refractivity contribution is 7.26. The van der Waals surface area contributed by atoms with Gasteiger partial charge in [-0.2, -0.15) is 0 Å². The molecule has 0 amide bonds. The molecule has 4 nitrogen and oxygen atoms in total. The molecular formula is C37H21N3OS. The van der Waals surface area contributed by atoms with E-state index in [-0.39, 0.29) is 0 Å². The molecule has 3 aromatic heterocycles. The standard InChI is InChI=1S/C37H21N3OS/c1-3-11-22(12-4-1)35-38-36(23-13-5-2-6-14-23)40-37(39-35)28-21-30-32(27-16-7-9-17-29(27)41-30)33-25(28)19-20-26-24-15-8-10-18-31(24)42-34(26)33/h1-21H. The molecule has 0 saturated carbocycles. The fraction of sp³-hybridized carbons (Fsp3) is 0. The lowest BCUT2D eigenvalue weighted by Gasteiger charge is -2.11. The summed E-state index contributed by atoms with van der Waals surface area (Å²) in [4.78, 5) is 15.1. The molecule has 9 rings (SSSR count). The predicted molar refractivity (Wildman–Crippen MR) is 174 cm³/mol. The number of hydrogen-bond donors (Lipinski definition) is 0. The van der Waals surface area contributed by atoms with Crippen molar-refractivity contribution >= 4 is 64.2 Å². The largest absolute Gasteiger partial charge is 0.456 e. The molecule has 0 aliphatic carbocycles. The quantitative estimate of drug-likeness (QED) is 0.218. The molecule has 3 heterocycles. The van der Waals surface area contributed by atoms with E-state index in [1.165, 1.54) is 25.6 Å². The van der Waals surface area contributed by atoms with Crippen LogP contribution in [0.1, 0.15) is 0 Å². The minimum Gasteiger partial charge on any atom is -0.456 e. The number of nitrogens with zero attached hydrogens (tertiary/aromatic N) is 3. The summed E-state index contributed by atoms with van der Waals surface area (Å²) in [5.74, 6) is 1.90. The molecule has 0 saturated heterocycles. The normalized spacial score (nSPS) is 11.8. The Hall–Kier alpha value is -5.39. The van der Waals surface area contributed by atoms with Crippen molar-refractivity contribution in [3.63, 3.8) is 0 Å². The van der Waals surface area contributed by atoms with Gasteiger partial charge in [0, 0.05) is 53.0 Å². The van der Waals surface area contributed by atoms with E-state index in [2.05, 4.69) is 54.6 Å². The Morgan fingerprint density at radius 1 is 0.452 bits per heavy atom. The van der Waals surface area contributed by atoms with Gasteiger partial charge in [0.05, 0.1) is 0 Å². The van der Waals surface area contributed by atoms with Gasteiger partial charge in [-0.1, -0.05) is 109 Å². The lowest BCUT2D eigenvalue weighted by Crippen LogP contribution is -2.00. The van der Waals surface area contributed by atoms with E-state index in [1.807, 2.05) is 84.1 Å². The zero-order valence-corrected chi connectivity index (χ0v) is 23.1. The van der Waals surface area contributed by atoms with Gasteiger partial charge in [-0.3, -0.25) is 0 Å². The average molecular weight is 556 g/mol. The third kappa shape index (κ3) is 3.51. The lowest BCUT2D eigenvalue weighted by molar-refractivity contribution is 0.669. The SMILES string of the molecule is c1ccc(-c2nc(-c3ccccc3)nc(-c3cc4oc5ccccc5c4c4c3ccc3c5ccccc5sc34)n2)cc1. The van der Waals surface area contributed by atoms with Crippen LogP contribution in [0.3, 0.4) is 0 Å². The summed E-state index contributed by atoms with van der Waals surface area (Å²) in [5.41, 5.74) is 4.51. The van der Waals surface area contributed by atoms with Crippen LogP contribution in [-0.4, -0.2) is 15.0 Å². The molecule has 0 radical (unpaired) electrons. The fourth-order valence-electron chi connectivity index (χ4n) is 6.01. The van der Waals surface area contributed by atoms with Crippen molar-refractivity contribution in [2.75, 3.05) is 0 Å². The molecule has 0 aliphatic heterocycles. The van der Waals surface area contributed by atoms with E-state index in [1.54, 1.807) is 0 Å². The second kappa shape index (κ2) is 9.06. The number of furan rings is 1. The van der Waals surface area contributed by atoms with Gasteiger partial charge in [0.15, 0.2) is 17.5 Å². The number of aromatic nitrogens is 3. The van der Waals surface area contributed by atoms with Crippen molar-refractivity contribution in [1.29, 1.82) is 0 Å². The smallest absolute Gasteiger partial charge is 0.164 e. The van der Waals surface area contributed by atoms with Crippen LogP contribution in [0.25, 0.3) is 87.0 Å². The molecule has 6 aromatic carbocycles. The highest BCUT2D eigenvalue weighted by Gasteiger charge is 2.21. The maximum atomic E-state index is 6.51. The van der Waals surface area contributed by atoms with Crippen molar-refractivity contribution in [1.82, 2.24) is 15.0 Å². The van der Waals surface area contributed by atoms with Gasteiger partial charge in [0.25, 0.3) is 0 Å². The van der Waals surface area contributed by atoms with Crippen molar-refractivity contribution in [3.8, 4) is 34.2 Å². The zero-order chi connectivity index (χ0) is 27.6. The van der Waals surface area contributed by atoms with Crippen molar-refractivity contribution < 1.29 is 4.42 Å². The highest BCUT2D eigenvalue weighted by atomic mass is 32.1. The number of para-hydroxylation sites is 1. The Bertz CT molecular complexity index is 2400. The summed E-state index contributed by atoms with van der Waals surface area (Å²) in [6, 6.07) is 43.7. The monoisotopic (exact) mass is 555 g/mol. The first-order chi connectivity index (χ1) is 20.8. The predicted octanol–water partition coefficient (Wildman–Crippen LogP) is 10.3. The number of fused-ring (bicyclic) bond motifs is 9. The third-order valence-electron chi connectivity index (χ3n) is 7.93. The number of hydrogen-bond acceptors (Lipinski definition) is 5. The molecular weight excluding hydrogens is 534 g/mol. The van der Waals surface area contributed by atoms with E-state index < -0.39 is 0 Å². The van der Waals surface area contributed by atoms with Crippen molar-refractivity contribution in [2.45, 2.75) is 0 Å². The number of thiophene rings is 1. The van der Waals surface area contributed by atoms with Gasteiger partial charge < -0.3 is 4.42 Å². The van der Waals surface area contributed by atoms with Gasteiger partial charge in [0.2, 0.25) is 0 Å². The Morgan fingerprint density at radius 2 is 1.05 bits per heavy atom. The third-order valence-corrected chi connectivity index (χ3v) is 9.13. The number of rotatable bonds is 3. The van der Waals surface area contributed by atoms with Crippen molar-refractivity contribution in [3.05, 3.63) is 127 Å². The number of benzene rings is 6. The molecule has 0 spiro atoms. The summed E-state index contributed by atoms with van der Waals surface area (Å²) >= 11 is 1.83. The van der Waals surface area contributed by atoms with Gasteiger partial charge >= 0.3 is 0 Å². The molecule has 0 atom stereocenters. The molecule has 9 aromatic rings. The minimum absolute atomic E-state index is 0.621. The first-order valence-corrected chi connectivity index (χ1v) is 14.7. The Morgan fingerprint density at radius 3 is 1.79 bits per heavy atom. The van der Waals surface area contributed by atoms with Crippen LogP contribution in [-0.2, 0) is 0 Å². The molecule has 0 fully saturated rings. The van der Waals surface area contributed by atoms with E-state index in [0.29, 0.717) is 17.5 Å². The van der Waals surface area contributed by atoms with Crippen LogP contribution < -0.4 is 0 Å². The first kappa shape index (κ1) is 23.3. The highest BCUT2D eigenvalue weighted by Crippen LogP contribution is 2.46. The van der Waals surface area contributed by atoms with E-state index in [0.717, 1.165) is 44.0 Å². The maximum absolute atomic E-state index is 6.51. The molecule has 0 aliphatic rings. The fourth-order valence-corrected chi connectivity index (χ4v) is 7.26. The lowest BCUT2D eigenvalue weighted by atomic mass is 9.96. The summed E-state index contributed by atoms with van der Waals surface area (Å²) in [5, 5.41) is 7.02. The van der Waals surface area contributed by atoms with Gasteiger partial charge in [-0.25, -0.2) is 15.0 Å². The summed E-state index contributed by atoms with van der Waals surface area (Å²) in [7, 11) is 0. The van der Waals surface area contributed by atoms with E-state index in [4.69, 9.17) is 19.4 Å². The Labute approximate surface area is 244 Å². The molecule has 42 heavy (non-hydrogen) atoms. The average Bonchev–Trinajstić information content (AvgIpc) is 3.63. The summed E-state index contributed by atoms with van der Waals surface area (Å²) < 4.78 is 9.02. The van der Waals surface area contributed by atoms with Crippen LogP contribution in [0.2, 0.25) is 0 Å². The summed E-state index contributed by atoms with van der Waals surface area (Å²) in [6.07, 6.45) is 0. The molecule has 0 bridgehead atoms. The first-order valence-electron chi connectivity index (χ1n) is 13.9. The van der Waals surface area contributed by atoms with Crippen LogP contribution in [0.5, 0.6) is 0 Å². The van der Waals surface area contributed by atoms with Crippen LogP contribution in [0.15, 0.2) is 132 Å². The van der Waals surface area contributed by atoms with Crippen molar-refractivity contribution in [2.24, 2.45) is 0 Å². The maximum Gasteiger partial charge on any atom is 0.164 e. The second-order valence-corrected chi connectivity index (χ2v) is 11.4.